The van der Waals surface area contributed by atoms with Gasteiger partial charge in [0.1, 0.15) is 11.4 Å². The molecule has 2 N–H and O–H groups in total. The van der Waals surface area contributed by atoms with Crippen molar-refractivity contribution >= 4 is 22.7 Å². The van der Waals surface area contributed by atoms with E-state index in [0.29, 0.717) is 18.8 Å². The molecular weight excluding hydrogens is 294 g/mol. The van der Waals surface area contributed by atoms with Crippen LogP contribution >= 0.6 is 0 Å². The van der Waals surface area contributed by atoms with E-state index >= 15 is 0 Å². The molecule has 0 unspecified atom stereocenters. The van der Waals surface area contributed by atoms with E-state index in [1.165, 1.54) is 0 Å². The van der Waals surface area contributed by atoms with Gasteiger partial charge in [-0.2, -0.15) is 0 Å². The molecule has 2 amide bonds. The highest BCUT2D eigenvalue weighted by molar-refractivity contribution is 5.95. The van der Waals surface area contributed by atoms with Crippen LogP contribution in [0.4, 0.5) is 0 Å². The summed E-state index contributed by atoms with van der Waals surface area (Å²) in [5.41, 5.74) is 1.07. The first-order chi connectivity index (χ1) is 11.0. The van der Waals surface area contributed by atoms with Crippen molar-refractivity contribution in [2.75, 3.05) is 20.2 Å². The van der Waals surface area contributed by atoms with Crippen LogP contribution in [0.2, 0.25) is 0 Å². The average Bonchev–Trinajstić information content (AvgIpc) is 2.57. The molecule has 23 heavy (non-hydrogen) atoms. The number of nitrogens with one attached hydrogen (secondary N) is 2. The van der Waals surface area contributed by atoms with E-state index < -0.39 is 0 Å². The van der Waals surface area contributed by atoms with Crippen LogP contribution in [0.25, 0.3) is 10.9 Å². The summed E-state index contributed by atoms with van der Waals surface area (Å²) < 4.78 is 5.16. The zero-order chi connectivity index (χ0) is 16.8. The predicted octanol–water partition coefficient (Wildman–Crippen LogP) is 1.75. The molecule has 1 heterocycles. The van der Waals surface area contributed by atoms with Crippen molar-refractivity contribution in [1.29, 1.82) is 0 Å². The number of pyridine rings is 1. The Morgan fingerprint density at radius 3 is 2.57 bits per heavy atom. The number of hydrogen-bond acceptors (Lipinski definition) is 4. The van der Waals surface area contributed by atoms with Crippen LogP contribution in [0, 0.1) is 5.92 Å². The molecule has 2 rings (SSSR count). The van der Waals surface area contributed by atoms with Crippen molar-refractivity contribution in [3.8, 4) is 5.75 Å². The molecule has 0 saturated carbocycles. The van der Waals surface area contributed by atoms with Crippen molar-refractivity contribution in [1.82, 2.24) is 15.6 Å². The van der Waals surface area contributed by atoms with Gasteiger partial charge >= 0.3 is 0 Å². The molecule has 0 aliphatic heterocycles. The van der Waals surface area contributed by atoms with Crippen LogP contribution in [0.5, 0.6) is 5.75 Å². The van der Waals surface area contributed by atoms with Crippen LogP contribution in [0.15, 0.2) is 30.3 Å². The molecule has 1 aromatic heterocycles. The van der Waals surface area contributed by atoms with Crippen molar-refractivity contribution in [3.05, 3.63) is 36.0 Å². The standard InChI is InChI=1S/C17H21N3O3/c1-11(2)16(21)18-8-9-19-17(22)15-6-4-12-10-13(23-3)5-7-14(12)20-15/h4-7,10-11H,8-9H2,1-3H3,(H,18,21)(H,19,22). The van der Waals surface area contributed by atoms with Gasteiger partial charge in [0.15, 0.2) is 0 Å². The Kier molecular flexibility index (Phi) is 5.51. The van der Waals surface area contributed by atoms with Crippen LogP contribution in [-0.2, 0) is 4.79 Å². The Morgan fingerprint density at radius 2 is 1.87 bits per heavy atom. The molecule has 0 saturated heterocycles. The molecule has 0 radical (unpaired) electrons. The molecule has 0 fully saturated rings. The number of aromatic nitrogens is 1. The third-order valence-corrected chi connectivity index (χ3v) is 3.36. The molecule has 6 nitrogen and oxygen atoms in total. The van der Waals surface area contributed by atoms with Gasteiger partial charge < -0.3 is 15.4 Å². The second kappa shape index (κ2) is 7.58. The first-order valence-corrected chi connectivity index (χ1v) is 7.52. The number of hydrogen-bond donors (Lipinski definition) is 2. The van der Waals surface area contributed by atoms with Gasteiger partial charge in [0.2, 0.25) is 5.91 Å². The number of amides is 2. The summed E-state index contributed by atoms with van der Waals surface area (Å²) in [6.45, 7) is 4.40. The fourth-order valence-electron chi connectivity index (χ4n) is 2.01. The molecule has 0 bridgehead atoms. The number of carbonyl (C=O) groups is 2. The summed E-state index contributed by atoms with van der Waals surface area (Å²) in [6.07, 6.45) is 0. The first kappa shape index (κ1) is 16.7. The second-order valence-corrected chi connectivity index (χ2v) is 5.46. The summed E-state index contributed by atoms with van der Waals surface area (Å²) in [5, 5.41) is 6.39. The summed E-state index contributed by atoms with van der Waals surface area (Å²) in [4.78, 5) is 27.8. The van der Waals surface area contributed by atoms with E-state index in [9.17, 15) is 9.59 Å². The first-order valence-electron chi connectivity index (χ1n) is 7.52. The van der Waals surface area contributed by atoms with Gasteiger partial charge in [-0.15, -0.1) is 0 Å². The van der Waals surface area contributed by atoms with Gasteiger partial charge in [0, 0.05) is 24.4 Å². The maximum Gasteiger partial charge on any atom is 0.269 e. The number of fused-ring (bicyclic) bond motifs is 1. The summed E-state index contributed by atoms with van der Waals surface area (Å²) >= 11 is 0. The van der Waals surface area contributed by atoms with Crippen LogP contribution in [0.1, 0.15) is 24.3 Å². The third kappa shape index (κ3) is 4.42. The Balaban J connectivity index is 1.94. The van der Waals surface area contributed by atoms with Gasteiger partial charge in [0.25, 0.3) is 5.91 Å². The van der Waals surface area contributed by atoms with Crippen LogP contribution < -0.4 is 15.4 Å². The van der Waals surface area contributed by atoms with E-state index in [0.717, 1.165) is 16.7 Å². The molecule has 0 aliphatic rings. The molecule has 0 spiro atoms. The lowest BCUT2D eigenvalue weighted by molar-refractivity contribution is -0.123. The predicted molar refractivity (Wildman–Crippen MR) is 88.5 cm³/mol. The second-order valence-electron chi connectivity index (χ2n) is 5.46. The molecule has 6 heteroatoms. The molecule has 2 aromatic rings. The molecular formula is C17H21N3O3. The van der Waals surface area contributed by atoms with E-state index in [-0.39, 0.29) is 17.7 Å². The zero-order valence-corrected chi connectivity index (χ0v) is 13.6. The van der Waals surface area contributed by atoms with Crippen molar-refractivity contribution in [3.63, 3.8) is 0 Å². The number of benzene rings is 1. The number of methoxy groups -OCH3 is 1. The lowest BCUT2D eigenvalue weighted by Crippen LogP contribution is -2.36. The van der Waals surface area contributed by atoms with Crippen molar-refractivity contribution in [2.24, 2.45) is 5.92 Å². The van der Waals surface area contributed by atoms with E-state index in [4.69, 9.17) is 4.74 Å². The fraction of sp³-hybridized carbons (Fsp3) is 0.353. The fourth-order valence-corrected chi connectivity index (χ4v) is 2.01. The minimum Gasteiger partial charge on any atom is -0.497 e. The Bertz CT molecular complexity index is 713. The smallest absolute Gasteiger partial charge is 0.269 e. The van der Waals surface area contributed by atoms with E-state index in [1.807, 2.05) is 32.0 Å². The van der Waals surface area contributed by atoms with Gasteiger partial charge in [-0.05, 0) is 24.3 Å². The normalized spacial score (nSPS) is 10.6. The summed E-state index contributed by atoms with van der Waals surface area (Å²) in [6, 6.07) is 8.99. The summed E-state index contributed by atoms with van der Waals surface area (Å²) in [7, 11) is 1.61. The number of ether oxygens (including phenoxy) is 1. The largest absolute Gasteiger partial charge is 0.497 e. The molecule has 0 atom stereocenters. The third-order valence-electron chi connectivity index (χ3n) is 3.36. The van der Waals surface area contributed by atoms with Crippen LogP contribution in [-0.4, -0.2) is 37.0 Å². The highest BCUT2D eigenvalue weighted by Gasteiger charge is 2.09. The van der Waals surface area contributed by atoms with Gasteiger partial charge in [-0.1, -0.05) is 19.9 Å². The van der Waals surface area contributed by atoms with Crippen molar-refractivity contribution in [2.45, 2.75) is 13.8 Å². The van der Waals surface area contributed by atoms with Gasteiger partial charge in [-0.3, -0.25) is 9.59 Å². The van der Waals surface area contributed by atoms with Gasteiger partial charge in [-0.25, -0.2) is 4.98 Å². The highest BCUT2D eigenvalue weighted by atomic mass is 16.5. The average molecular weight is 315 g/mol. The van der Waals surface area contributed by atoms with E-state index in [1.54, 1.807) is 19.2 Å². The highest BCUT2D eigenvalue weighted by Crippen LogP contribution is 2.19. The van der Waals surface area contributed by atoms with Crippen LogP contribution in [0.3, 0.4) is 0 Å². The molecule has 1 aromatic carbocycles. The quantitative estimate of drug-likeness (QED) is 0.796. The number of rotatable bonds is 6. The molecule has 122 valence electrons. The van der Waals surface area contributed by atoms with E-state index in [2.05, 4.69) is 15.6 Å². The maximum absolute atomic E-state index is 12.1. The maximum atomic E-state index is 12.1. The minimum atomic E-state index is -0.262. The topological polar surface area (TPSA) is 80.3 Å². The SMILES string of the molecule is COc1ccc2nc(C(=O)NCCNC(=O)C(C)C)ccc2c1. The Morgan fingerprint density at radius 1 is 1.13 bits per heavy atom. The van der Waals surface area contributed by atoms with Crippen molar-refractivity contribution < 1.29 is 14.3 Å². The number of carbonyl (C=O) groups excluding carboxylic acids is 2. The Labute approximate surface area is 135 Å². The summed E-state index contributed by atoms with van der Waals surface area (Å²) in [5.74, 6) is 0.390. The van der Waals surface area contributed by atoms with Gasteiger partial charge in [0.05, 0.1) is 12.6 Å². The lowest BCUT2D eigenvalue weighted by Gasteiger charge is -2.09. The minimum absolute atomic E-state index is 0.0305. The lowest BCUT2D eigenvalue weighted by atomic mass is 10.2. The number of nitrogens with zero attached hydrogens (tertiary/aromatic N) is 1. The monoisotopic (exact) mass is 315 g/mol. The molecule has 0 aliphatic carbocycles. The Hall–Kier alpha value is -2.63. The zero-order valence-electron chi connectivity index (χ0n) is 13.6.